The van der Waals surface area contributed by atoms with Gasteiger partial charge in [0.1, 0.15) is 0 Å². The Hall–Kier alpha value is -0.590. The first kappa shape index (κ1) is 12.9. The largest absolute Gasteiger partial charge is 0.377 e. The molecule has 0 radical (unpaired) electrons. The lowest BCUT2D eigenvalue weighted by Crippen LogP contribution is -2.51. The van der Waals surface area contributed by atoms with E-state index in [1.807, 2.05) is 7.11 Å². The van der Waals surface area contributed by atoms with Gasteiger partial charge in [-0.3, -0.25) is 0 Å². The van der Waals surface area contributed by atoms with Crippen LogP contribution >= 0.6 is 0 Å². The molecule has 2 rings (SSSR count). The first-order valence-electron chi connectivity index (χ1n) is 6.98. The summed E-state index contributed by atoms with van der Waals surface area (Å²) in [6, 6.07) is 2.87. The number of methoxy groups -OCH3 is 1. The highest BCUT2D eigenvalue weighted by atomic mass is 16.5. The predicted octanol–water partition coefficient (Wildman–Crippen LogP) is 2.62. The third-order valence-electron chi connectivity index (χ3n) is 4.57. The van der Waals surface area contributed by atoms with E-state index in [9.17, 15) is 5.26 Å². The number of nitrogens with zero attached hydrogens (tertiary/aromatic N) is 1. The van der Waals surface area contributed by atoms with Crippen molar-refractivity contribution in [3.8, 4) is 6.07 Å². The van der Waals surface area contributed by atoms with Crippen LogP contribution in [0.1, 0.15) is 51.4 Å². The molecule has 0 spiro atoms. The van der Waals surface area contributed by atoms with Crippen molar-refractivity contribution in [3.63, 3.8) is 0 Å². The molecule has 2 atom stereocenters. The maximum atomic E-state index is 9.22. The summed E-state index contributed by atoms with van der Waals surface area (Å²) < 4.78 is 5.62. The van der Waals surface area contributed by atoms with Crippen LogP contribution in [0.5, 0.6) is 0 Å². The molecule has 3 heteroatoms. The van der Waals surface area contributed by atoms with Gasteiger partial charge >= 0.3 is 0 Å². The van der Waals surface area contributed by atoms with Crippen molar-refractivity contribution in [3.05, 3.63) is 0 Å². The molecule has 0 aromatic heterocycles. The average Bonchev–Trinajstić information content (AvgIpc) is 2.53. The second-order valence-electron chi connectivity index (χ2n) is 5.60. The lowest BCUT2D eigenvalue weighted by molar-refractivity contribution is -0.0715. The molecule has 2 fully saturated rings. The number of hydrogen-bond donors (Lipinski definition) is 1. The van der Waals surface area contributed by atoms with Gasteiger partial charge in [0.15, 0.2) is 0 Å². The second kappa shape index (κ2) is 5.84. The number of rotatable bonds is 4. The molecule has 0 aliphatic heterocycles. The van der Waals surface area contributed by atoms with E-state index in [1.54, 1.807) is 0 Å². The van der Waals surface area contributed by atoms with Gasteiger partial charge in [0.2, 0.25) is 0 Å². The lowest BCUT2D eigenvalue weighted by atomic mass is 9.79. The number of nitriles is 1. The van der Waals surface area contributed by atoms with Gasteiger partial charge in [0.25, 0.3) is 0 Å². The standard InChI is InChI=1S/C14H24N2O/c1-17-14(8-5-9-14)11-16-13-7-4-2-3-6-12(13)10-15/h12-13,16H,2-9,11H2,1H3. The Balaban J connectivity index is 1.85. The van der Waals surface area contributed by atoms with Crippen LogP contribution in [-0.4, -0.2) is 25.3 Å². The minimum absolute atomic E-state index is 0.0757. The van der Waals surface area contributed by atoms with E-state index >= 15 is 0 Å². The quantitative estimate of drug-likeness (QED) is 0.763. The number of hydrogen-bond acceptors (Lipinski definition) is 3. The fraction of sp³-hybridized carbons (Fsp3) is 0.929. The molecular weight excluding hydrogens is 212 g/mol. The van der Waals surface area contributed by atoms with E-state index in [4.69, 9.17) is 4.74 Å². The van der Waals surface area contributed by atoms with Gasteiger partial charge in [0, 0.05) is 19.7 Å². The summed E-state index contributed by atoms with van der Waals surface area (Å²) in [5.41, 5.74) is 0.0757. The molecule has 2 aliphatic carbocycles. The molecule has 0 amide bonds. The summed E-state index contributed by atoms with van der Waals surface area (Å²) in [7, 11) is 1.82. The highest BCUT2D eigenvalue weighted by Crippen LogP contribution is 2.35. The third-order valence-corrected chi connectivity index (χ3v) is 4.57. The van der Waals surface area contributed by atoms with Crippen LogP contribution in [-0.2, 0) is 4.74 Å². The molecule has 0 bridgehead atoms. The van der Waals surface area contributed by atoms with Crippen molar-refractivity contribution in [2.75, 3.05) is 13.7 Å². The summed E-state index contributed by atoms with van der Waals surface area (Å²) in [6.07, 6.45) is 9.59. The highest BCUT2D eigenvalue weighted by Gasteiger charge is 2.37. The number of nitrogens with one attached hydrogen (secondary N) is 1. The van der Waals surface area contributed by atoms with Crippen LogP contribution in [0.3, 0.4) is 0 Å². The topological polar surface area (TPSA) is 45.0 Å². The Morgan fingerprint density at radius 3 is 2.59 bits per heavy atom. The summed E-state index contributed by atoms with van der Waals surface area (Å²) in [5.74, 6) is 0.200. The Labute approximate surface area is 105 Å². The molecule has 0 heterocycles. The van der Waals surface area contributed by atoms with E-state index < -0.39 is 0 Å². The van der Waals surface area contributed by atoms with Gasteiger partial charge in [-0.05, 0) is 32.1 Å². The monoisotopic (exact) mass is 236 g/mol. The van der Waals surface area contributed by atoms with Crippen molar-refractivity contribution in [2.24, 2.45) is 5.92 Å². The molecule has 0 aromatic carbocycles. The molecule has 2 unspecified atom stereocenters. The lowest BCUT2D eigenvalue weighted by Gasteiger charge is -2.42. The zero-order valence-corrected chi connectivity index (χ0v) is 10.9. The van der Waals surface area contributed by atoms with E-state index in [0.717, 1.165) is 19.4 Å². The summed E-state index contributed by atoms with van der Waals surface area (Å²) in [6.45, 7) is 0.923. The van der Waals surface area contributed by atoms with E-state index in [-0.39, 0.29) is 11.5 Å². The minimum atomic E-state index is 0.0757. The van der Waals surface area contributed by atoms with Gasteiger partial charge in [-0.2, -0.15) is 5.26 Å². The SMILES string of the molecule is COC1(CNC2CCCCCC2C#N)CCC1. The van der Waals surface area contributed by atoms with Crippen LogP contribution in [0.15, 0.2) is 0 Å². The molecule has 2 aliphatic rings. The fourth-order valence-corrected chi connectivity index (χ4v) is 3.05. The second-order valence-corrected chi connectivity index (χ2v) is 5.60. The van der Waals surface area contributed by atoms with Crippen molar-refractivity contribution >= 4 is 0 Å². The maximum Gasteiger partial charge on any atom is 0.0802 e. The molecular formula is C14H24N2O. The van der Waals surface area contributed by atoms with E-state index in [0.29, 0.717) is 6.04 Å². The van der Waals surface area contributed by atoms with Crippen LogP contribution in [0.25, 0.3) is 0 Å². The molecule has 17 heavy (non-hydrogen) atoms. The molecule has 1 N–H and O–H groups in total. The fourth-order valence-electron chi connectivity index (χ4n) is 3.05. The summed E-state index contributed by atoms with van der Waals surface area (Å²) in [4.78, 5) is 0. The van der Waals surface area contributed by atoms with Gasteiger partial charge in [0.05, 0.1) is 17.6 Å². The first-order chi connectivity index (χ1) is 8.29. The van der Waals surface area contributed by atoms with Gasteiger partial charge in [-0.1, -0.05) is 19.3 Å². The average molecular weight is 236 g/mol. The first-order valence-corrected chi connectivity index (χ1v) is 6.98. The molecule has 0 aromatic rings. The van der Waals surface area contributed by atoms with Crippen LogP contribution in [0.2, 0.25) is 0 Å². The molecule has 0 saturated heterocycles. The summed E-state index contributed by atoms with van der Waals surface area (Å²) >= 11 is 0. The molecule has 3 nitrogen and oxygen atoms in total. The molecule has 96 valence electrons. The number of ether oxygens (including phenoxy) is 1. The van der Waals surface area contributed by atoms with Crippen molar-refractivity contribution < 1.29 is 4.74 Å². The Morgan fingerprint density at radius 1 is 1.24 bits per heavy atom. The van der Waals surface area contributed by atoms with Crippen molar-refractivity contribution in [1.82, 2.24) is 5.32 Å². The van der Waals surface area contributed by atoms with Gasteiger partial charge in [-0.25, -0.2) is 0 Å². The van der Waals surface area contributed by atoms with E-state index in [1.165, 1.54) is 38.5 Å². The van der Waals surface area contributed by atoms with Crippen molar-refractivity contribution in [2.45, 2.75) is 63.0 Å². The summed E-state index contributed by atoms with van der Waals surface area (Å²) in [5, 5.41) is 12.8. The predicted molar refractivity (Wildman–Crippen MR) is 67.6 cm³/mol. The minimum Gasteiger partial charge on any atom is -0.377 e. The van der Waals surface area contributed by atoms with Crippen LogP contribution in [0, 0.1) is 17.2 Å². The smallest absolute Gasteiger partial charge is 0.0802 e. The van der Waals surface area contributed by atoms with Gasteiger partial charge in [-0.15, -0.1) is 0 Å². The van der Waals surface area contributed by atoms with E-state index in [2.05, 4.69) is 11.4 Å². The molecule has 2 saturated carbocycles. The zero-order chi connectivity index (χ0) is 12.1. The normalized spacial score (nSPS) is 32.2. The Morgan fingerprint density at radius 2 is 2.00 bits per heavy atom. The van der Waals surface area contributed by atoms with Crippen LogP contribution < -0.4 is 5.32 Å². The van der Waals surface area contributed by atoms with Crippen molar-refractivity contribution in [1.29, 1.82) is 5.26 Å². The highest BCUT2D eigenvalue weighted by molar-refractivity contribution is 4.97. The Kier molecular flexibility index (Phi) is 4.42. The third kappa shape index (κ3) is 3.00. The maximum absolute atomic E-state index is 9.22. The zero-order valence-electron chi connectivity index (χ0n) is 10.9. The Bertz CT molecular complexity index is 275. The van der Waals surface area contributed by atoms with Gasteiger partial charge < -0.3 is 10.1 Å². The van der Waals surface area contributed by atoms with Crippen LogP contribution in [0.4, 0.5) is 0 Å².